The smallest absolute Gasteiger partial charge is 0.303 e. The number of hydrogen-bond donors (Lipinski definition) is 2. The van der Waals surface area contributed by atoms with Crippen molar-refractivity contribution in [3.05, 3.63) is 21.6 Å². The van der Waals surface area contributed by atoms with Crippen molar-refractivity contribution >= 4 is 23.3 Å². The Morgan fingerprint density at radius 1 is 1.26 bits per heavy atom. The number of halogens is 1. The third-order valence-corrected chi connectivity index (χ3v) is 9.46. The number of rotatable bonds is 5. The molecule has 0 unspecified atom stereocenters. The Kier molecular flexibility index (Phi) is 5.15. The molecule has 1 aromatic rings. The summed E-state index contributed by atoms with van der Waals surface area (Å²) in [5, 5.41) is 17.9. The van der Waals surface area contributed by atoms with Gasteiger partial charge in [0.25, 0.3) is 5.56 Å². The van der Waals surface area contributed by atoms with Gasteiger partial charge in [0.15, 0.2) is 0 Å². The lowest BCUT2D eigenvalue weighted by Crippen LogP contribution is -2.59. The molecule has 6 rings (SSSR count). The molecule has 0 saturated heterocycles. The van der Waals surface area contributed by atoms with E-state index in [1.54, 1.807) is 10.9 Å². The maximum absolute atomic E-state index is 13.4. The van der Waals surface area contributed by atoms with Crippen LogP contribution >= 0.6 is 11.6 Å². The van der Waals surface area contributed by atoms with Crippen molar-refractivity contribution in [3.63, 3.8) is 0 Å². The highest BCUT2D eigenvalue weighted by Gasteiger charge is 2.59. The summed E-state index contributed by atoms with van der Waals surface area (Å²) in [4.78, 5) is 25.0. The highest BCUT2D eigenvalue weighted by atomic mass is 35.5. The van der Waals surface area contributed by atoms with Crippen molar-refractivity contribution in [2.75, 3.05) is 5.32 Å². The Labute approximate surface area is 188 Å². The maximum Gasteiger partial charge on any atom is 0.303 e. The highest BCUT2D eigenvalue weighted by Crippen LogP contribution is 2.65. The zero-order chi connectivity index (χ0) is 22.0. The van der Waals surface area contributed by atoms with Gasteiger partial charge in [-0.2, -0.15) is 5.10 Å². The monoisotopic (exact) mass is 447 g/mol. The third kappa shape index (κ3) is 3.59. The molecule has 5 atom stereocenters. The SMILES string of the molecule is C[C@H]1[C@H](C)CCC[C@@H]1Nc1cnn(C23C[C@H]4C[C@@H](CC(CC(=O)O)(C4)C2)C3)c(=O)c1Cl. The van der Waals surface area contributed by atoms with Gasteiger partial charge in [-0.3, -0.25) is 9.59 Å². The van der Waals surface area contributed by atoms with E-state index in [2.05, 4.69) is 24.3 Å². The highest BCUT2D eigenvalue weighted by molar-refractivity contribution is 6.32. The van der Waals surface area contributed by atoms with E-state index in [1.165, 1.54) is 12.8 Å². The molecule has 7 heteroatoms. The van der Waals surface area contributed by atoms with Gasteiger partial charge < -0.3 is 10.4 Å². The number of carbonyl (C=O) groups is 1. The van der Waals surface area contributed by atoms with E-state index in [1.807, 2.05) is 0 Å². The number of nitrogens with zero attached hydrogens (tertiary/aromatic N) is 2. The Balaban J connectivity index is 1.45. The van der Waals surface area contributed by atoms with Gasteiger partial charge in [0.2, 0.25) is 0 Å². The third-order valence-electron chi connectivity index (χ3n) is 9.09. The number of nitrogens with one attached hydrogen (secondary N) is 1. The van der Waals surface area contributed by atoms with Crippen LogP contribution in [0.2, 0.25) is 5.02 Å². The van der Waals surface area contributed by atoms with E-state index >= 15 is 0 Å². The summed E-state index contributed by atoms with van der Waals surface area (Å²) >= 11 is 6.63. The summed E-state index contributed by atoms with van der Waals surface area (Å²) in [7, 11) is 0. The molecular formula is C24H34ClN3O3. The zero-order valence-corrected chi connectivity index (χ0v) is 19.3. The van der Waals surface area contributed by atoms with Gasteiger partial charge >= 0.3 is 5.97 Å². The molecule has 5 saturated carbocycles. The molecule has 0 aromatic carbocycles. The molecule has 31 heavy (non-hydrogen) atoms. The summed E-state index contributed by atoms with van der Waals surface area (Å²) in [5.74, 6) is 1.40. The molecule has 5 fully saturated rings. The summed E-state index contributed by atoms with van der Waals surface area (Å²) < 4.78 is 1.64. The van der Waals surface area contributed by atoms with E-state index < -0.39 is 5.97 Å². The first-order valence-electron chi connectivity index (χ1n) is 12.0. The van der Waals surface area contributed by atoms with Crippen LogP contribution in [0.15, 0.2) is 11.0 Å². The van der Waals surface area contributed by atoms with Crippen molar-refractivity contribution < 1.29 is 9.90 Å². The van der Waals surface area contributed by atoms with Crippen molar-refractivity contribution in [3.8, 4) is 0 Å². The molecule has 0 aliphatic heterocycles. The quantitative estimate of drug-likeness (QED) is 0.670. The van der Waals surface area contributed by atoms with Crippen LogP contribution in [-0.4, -0.2) is 26.9 Å². The minimum atomic E-state index is -0.731. The predicted molar refractivity (Wildman–Crippen MR) is 120 cm³/mol. The van der Waals surface area contributed by atoms with Crippen LogP contribution in [0.25, 0.3) is 0 Å². The molecule has 4 bridgehead atoms. The second-order valence-electron chi connectivity index (χ2n) is 11.4. The summed E-state index contributed by atoms with van der Waals surface area (Å²) in [6, 6.07) is 0.302. The van der Waals surface area contributed by atoms with Gasteiger partial charge in [-0.1, -0.05) is 38.3 Å². The van der Waals surface area contributed by atoms with Gasteiger partial charge in [-0.05, 0) is 74.0 Å². The number of aromatic nitrogens is 2. The van der Waals surface area contributed by atoms with E-state index in [4.69, 9.17) is 11.6 Å². The zero-order valence-electron chi connectivity index (χ0n) is 18.6. The first-order valence-corrected chi connectivity index (χ1v) is 12.3. The Hall–Kier alpha value is -1.56. The Morgan fingerprint density at radius 3 is 2.65 bits per heavy atom. The molecule has 2 N–H and O–H groups in total. The molecule has 170 valence electrons. The number of aliphatic carboxylic acids is 1. The first-order chi connectivity index (χ1) is 14.7. The van der Waals surface area contributed by atoms with Crippen LogP contribution in [-0.2, 0) is 10.3 Å². The van der Waals surface area contributed by atoms with Gasteiger partial charge in [-0.25, -0.2) is 4.68 Å². The fourth-order valence-electron chi connectivity index (χ4n) is 8.03. The number of anilines is 1. The topological polar surface area (TPSA) is 84.2 Å². The predicted octanol–water partition coefficient (Wildman–Crippen LogP) is 4.90. The molecule has 1 aromatic heterocycles. The number of hydrogen-bond acceptors (Lipinski definition) is 4. The molecule has 0 spiro atoms. The minimum Gasteiger partial charge on any atom is -0.481 e. The fourth-order valence-corrected chi connectivity index (χ4v) is 8.22. The van der Waals surface area contributed by atoms with E-state index in [0.717, 1.165) is 44.9 Å². The molecule has 5 aliphatic rings. The van der Waals surface area contributed by atoms with Crippen molar-refractivity contribution in [2.45, 2.75) is 89.6 Å². The second-order valence-corrected chi connectivity index (χ2v) is 11.7. The molecule has 6 nitrogen and oxygen atoms in total. The normalized spacial score (nSPS) is 41.3. The Bertz CT molecular complexity index is 930. The lowest BCUT2D eigenvalue weighted by Gasteiger charge is -2.61. The van der Waals surface area contributed by atoms with Gasteiger partial charge in [-0.15, -0.1) is 0 Å². The Morgan fingerprint density at radius 2 is 1.97 bits per heavy atom. The summed E-state index contributed by atoms with van der Waals surface area (Å²) in [5.41, 5.74) is -0.172. The van der Waals surface area contributed by atoms with Gasteiger partial charge in [0.05, 0.1) is 23.8 Å². The number of carboxylic acid groups (broad SMARTS) is 1. The maximum atomic E-state index is 13.4. The average molecular weight is 448 g/mol. The lowest BCUT2D eigenvalue weighted by atomic mass is 9.46. The molecule has 0 radical (unpaired) electrons. The van der Waals surface area contributed by atoms with Crippen LogP contribution in [0.5, 0.6) is 0 Å². The molecular weight excluding hydrogens is 414 g/mol. The van der Waals surface area contributed by atoms with Crippen molar-refractivity contribution in [2.24, 2.45) is 29.1 Å². The van der Waals surface area contributed by atoms with E-state index in [-0.39, 0.29) is 28.0 Å². The van der Waals surface area contributed by atoms with Crippen LogP contribution in [0.1, 0.15) is 78.1 Å². The van der Waals surface area contributed by atoms with Crippen LogP contribution in [0.3, 0.4) is 0 Å². The molecule has 5 aliphatic carbocycles. The van der Waals surface area contributed by atoms with Crippen molar-refractivity contribution in [1.29, 1.82) is 0 Å². The summed E-state index contributed by atoms with van der Waals surface area (Å²) in [6.45, 7) is 4.55. The number of carboxylic acids is 1. The van der Waals surface area contributed by atoms with E-state index in [9.17, 15) is 14.7 Å². The van der Waals surface area contributed by atoms with Crippen LogP contribution in [0, 0.1) is 29.1 Å². The summed E-state index contributed by atoms with van der Waals surface area (Å²) in [6.07, 6.45) is 11.1. The average Bonchev–Trinajstić information content (AvgIpc) is 2.66. The second kappa shape index (κ2) is 7.50. The van der Waals surface area contributed by atoms with Crippen molar-refractivity contribution in [1.82, 2.24) is 9.78 Å². The largest absolute Gasteiger partial charge is 0.481 e. The van der Waals surface area contributed by atoms with Gasteiger partial charge in [0.1, 0.15) is 5.02 Å². The van der Waals surface area contributed by atoms with Crippen LogP contribution < -0.4 is 10.9 Å². The molecule has 0 amide bonds. The fraction of sp³-hybridized carbons (Fsp3) is 0.792. The molecule has 1 heterocycles. The first kappa shape index (κ1) is 21.3. The minimum absolute atomic E-state index is 0.196. The lowest BCUT2D eigenvalue weighted by molar-refractivity contribution is -0.151. The van der Waals surface area contributed by atoms with E-state index in [0.29, 0.717) is 35.4 Å². The van der Waals surface area contributed by atoms with Gasteiger partial charge in [0, 0.05) is 6.04 Å². The standard InChI is InChI=1S/C24H34ClN3O3/c1-14-4-3-5-18(15(14)2)27-19-12-26-28(22(31)21(19)25)24-9-16-6-17(10-24)8-23(7-16,13-24)11-20(29)30/h12,14-18,27H,3-11,13H2,1-2H3,(H,29,30)/t14-,15+,16+,17+,18+,23?,24?/m1/s1. The van der Waals surface area contributed by atoms with Crippen LogP contribution in [0.4, 0.5) is 5.69 Å².